The van der Waals surface area contributed by atoms with Crippen LogP contribution in [-0.4, -0.2) is 25.1 Å². The highest BCUT2D eigenvalue weighted by atomic mass is 16.5. The highest BCUT2D eigenvalue weighted by Gasteiger charge is 2.18. The van der Waals surface area contributed by atoms with E-state index in [2.05, 4.69) is 23.6 Å². The quantitative estimate of drug-likeness (QED) is 0.441. The zero-order chi connectivity index (χ0) is 14.4. The lowest BCUT2D eigenvalue weighted by Gasteiger charge is -2.20. The zero-order valence-electron chi connectivity index (χ0n) is 11.8. The summed E-state index contributed by atoms with van der Waals surface area (Å²) in [5.41, 5.74) is 2.42. The van der Waals surface area contributed by atoms with Gasteiger partial charge in [0.15, 0.2) is 0 Å². The average molecular weight is 257 g/mol. The second kappa shape index (κ2) is 6.66. The molecule has 4 heteroatoms. The van der Waals surface area contributed by atoms with Crippen LogP contribution >= 0.6 is 0 Å². The lowest BCUT2D eigenvalue weighted by molar-refractivity contribution is 0.304. The van der Waals surface area contributed by atoms with Gasteiger partial charge < -0.3 is 9.64 Å². The first kappa shape index (κ1) is 14.9. The number of ether oxygens (including phenoxy) is 1. The fourth-order valence-electron chi connectivity index (χ4n) is 2.23. The van der Waals surface area contributed by atoms with E-state index in [1.54, 1.807) is 6.92 Å². The maximum absolute atomic E-state index is 9.38. The van der Waals surface area contributed by atoms with Crippen molar-refractivity contribution in [1.82, 2.24) is 4.90 Å². The summed E-state index contributed by atoms with van der Waals surface area (Å²) in [6, 6.07) is 4.27. The van der Waals surface area contributed by atoms with E-state index >= 15 is 0 Å². The third-order valence-corrected chi connectivity index (χ3v) is 3.44. The molecular weight excluding hydrogens is 238 g/mol. The normalized spacial score (nSPS) is 17.0. The minimum Gasteiger partial charge on any atom is -0.496 e. The summed E-state index contributed by atoms with van der Waals surface area (Å²) in [6.07, 6.45) is 2.30. The van der Waals surface area contributed by atoms with Crippen LogP contribution in [0.3, 0.4) is 0 Å². The van der Waals surface area contributed by atoms with Crippen molar-refractivity contribution < 1.29 is 4.74 Å². The summed E-state index contributed by atoms with van der Waals surface area (Å²) in [4.78, 5) is 2.19. The number of nitriles is 2. The molecular formula is C15H19N3O. The van der Waals surface area contributed by atoms with Crippen LogP contribution in [0.25, 0.3) is 0 Å². The van der Waals surface area contributed by atoms with Crippen LogP contribution in [-0.2, 0) is 4.74 Å². The Morgan fingerprint density at radius 3 is 2.05 bits per heavy atom. The number of allylic oxidation sites excluding steroid dienone is 4. The van der Waals surface area contributed by atoms with Gasteiger partial charge in [-0.15, -0.1) is 0 Å². The van der Waals surface area contributed by atoms with Crippen molar-refractivity contribution in [1.29, 1.82) is 10.5 Å². The molecule has 0 atom stereocenters. The number of nitrogens with zero attached hydrogens (tertiary/aromatic N) is 3. The maximum Gasteiger partial charge on any atom is 0.129 e. The van der Waals surface area contributed by atoms with E-state index in [1.807, 2.05) is 6.92 Å². The van der Waals surface area contributed by atoms with Gasteiger partial charge in [-0.2, -0.15) is 10.5 Å². The van der Waals surface area contributed by atoms with Crippen LogP contribution in [0.2, 0.25) is 0 Å². The summed E-state index contributed by atoms with van der Waals surface area (Å²) in [7, 11) is 1.47. The lowest BCUT2D eigenvalue weighted by atomic mass is 10.00. The van der Waals surface area contributed by atoms with Crippen molar-refractivity contribution in [3.05, 3.63) is 34.8 Å². The Morgan fingerprint density at radius 2 is 1.63 bits per heavy atom. The number of rotatable bonds is 4. The molecule has 1 rings (SSSR count). The van der Waals surface area contributed by atoms with Crippen LogP contribution in [0.5, 0.6) is 0 Å². The molecule has 0 unspecified atom stereocenters. The molecule has 19 heavy (non-hydrogen) atoms. The first-order valence-corrected chi connectivity index (χ1v) is 6.27. The molecule has 1 fully saturated rings. The standard InChI is InChI=1S/C15H19N3O/c1-11(15(10-17)13(3)19-4)14(9-16)12(2)18-7-5-6-8-18/h3,5-8H2,1-2,4H3/b14-12+,15-11-. The maximum atomic E-state index is 9.38. The SMILES string of the molecule is C=C(OC)/C(C#N)=C(C)\C(C#N)=C(/C)N1CCCC1. The number of hydrogen-bond donors (Lipinski definition) is 0. The molecule has 0 N–H and O–H groups in total. The van der Waals surface area contributed by atoms with Crippen LogP contribution in [0.1, 0.15) is 26.7 Å². The van der Waals surface area contributed by atoms with Gasteiger partial charge in [-0.1, -0.05) is 6.58 Å². The summed E-state index contributed by atoms with van der Waals surface area (Å²) in [5, 5.41) is 18.6. The van der Waals surface area contributed by atoms with E-state index in [-0.39, 0.29) is 0 Å². The molecule has 1 heterocycles. The van der Waals surface area contributed by atoms with Crippen LogP contribution in [0.4, 0.5) is 0 Å². The highest BCUT2D eigenvalue weighted by Crippen LogP contribution is 2.25. The Kier molecular flexibility index (Phi) is 5.21. The van der Waals surface area contributed by atoms with Crippen molar-refractivity contribution in [3.8, 4) is 12.1 Å². The van der Waals surface area contributed by atoms with Gasteiger partial charge in [0.25, 0.3) is 0 Å². The van der Waals surface area contributed by atoms with E-state index in [1.165, 1.54) is 7.11 Å². The minimum absolute atomic E-state index is 0.293. The van der Waals surface area contributed by atoms with E-state index < -0.39 is 0 Å². The average Bonchev–Trinajstić information content (AvgIpc) is 2.93. The van der Waals surface area contributed by atoms with Gasteiger partial charge in [0.05, 0.1) is 18.3 Å². The summed E-state index contributed by atoms with van der Waals surface area (Å²) >= 11 is 0. The monoisotopic (exact) mass is 257 g/mol. The van der Waals surface area contributed by atoms with Gasteiger partial charge in [-0.25, -0.2) is 0 Å². The molecule has 0 aliphatic carbocycles. The Balaban J connectivity index is 3.26. The molecule has 1 saturated heterocycles. The van der Waals surface area contributed by atoms with Crippen molar-refractivity contribution in [3.63, 3.8) is 0 Å². The summed E-state index contributed by atoms with van der Waals surface area (Å²) in [5.74, 6) is 0.293. The smallest absolute Gasteiger partial charge is 0.129 e. The Morgan fingerprint density at radius 1 is 1.11 bits per heavy atom. The molecule has 0 aromatic rings. The largest absolute Gasteiger partial charge is 0.496 e. The molecule has 4 nitrogen and oxygen atoms in total. The first-order valence-electron chi connectivity index (χ1n) is 6.27. The van der Waals surface area contributed by atoms with Gasteiger partial charge >= 0.3 is 0 Å². The predicted octanol–water partition coefficient (Wildman–Crippen LogP) is 2.88. The molecule has 1 aliphatic heterocycles. The van der Waals surface area contributed by atoms with E-state index in [0.717, 1.165) is 31.6 Å². The molecule has 0 bridgehead atoms. The molecule has 0 amide bonds. The molecule has 0 saturated carbocycles. The summed E-state index contributed by atoms with van der Waals surface area (Å²) < 4.78 is 5.00. The van der Waals surface area contributed by atoms with Gasteiger partial charge in [0, 0.05) is 18.8 Å². The fourth-order valence-corrected chi connectivity index (χ4v) is 2.23. The van der Waals surface area contributed by atoms with Gasteiger partial charge in [0.2, 0.25) is 0 Å². The zero-order valence-corrected chi connectivity index (χ0v) is 11.8. The van der Waals surface area contributed by atoms with Crippen molar-refractivity contribution >= 4 is 0 Å². The molecule has 0 radical (unpaired) electrons. The van der Waals surface area contributed by atoms with Gasteiger partial charge in [-0.3, -0.25) is 0 Å². The third kappa shape index (κ3) is 3.17. The second-order valence-corrected chi connectivity index (χ2v) is 4.51. The van der Waals surface area contributed by atoms with Gasteiger partial charge in [0.1, 0.15) is 17.9 Å². The van der Waals surface area contributed by atoms with Crippen molar-refractivity contribution in [2.45, 2.75) is 26.7 Å². The highest BCUT2D eigenvalue weighted by molar-refractivity contribution is 5.54. The van der Waals surface area contributed by atoms with Crippen LogP contribution in [0, 0.1) is 22.7 Å². The topological polar surface area (TPSA) is 60.0 Å². The number of hydrogen-bond acceptors (Lipinski definition) is 4. The molecule has 1 aliphatic rings. The molecule has 100 valence electrons. The first-order chi connectivity index (χ1) is 9.06. The van der Waals surface area contributed by atoms with Crippen LogP contribution in [0.15, 0.2) is 34.8 Å². The number of likely N-dealkylation sites (tertiary alicyclic amines) is 1. The second-order valence-electron chi connectivity index (χ2n) is 4.51. The number of methoxy groups -OCH3 is 1. The van der Waals surface area contributed by atoms with E-state index in [4.69, 9.17) is 4.74 Å². The minimum atomic E-state index is 0.293. The van der Waals surface area contributed by atoms with Crippen molar-refractivity contribution in [2.75, 3.05) is 20.2 Å². The molecule has 0 spiro atoms. The summed E-state index contributed by atoms with van der Waals surface area (Å²) in [6.45, 7) is 9.32. The van der Waals surface area contributed by atoms with Gasteiger partial charge in [-0.05, 0) is 32.3 Å². The fraction of sp³-hybridized carbons (Fsp3) is 0.467. The Bertz CT molecular complexity index is 508. The van der Waals surface area contributed by atoms with E-state index in [0.29, 0.717) is 22.5 Å². The molecule has 0 aromatic heterocycles. The third-order valence-electron chi connectivity index (χ3n) is 3.44. The molecule has 0 aromatic carbocycles. The predicted molar refractivity (Wildman–Crippen MR) is 73.6 cm³/mol. The van der Waals surface area contributed by atoms with Crippen LogP contribution < -0.4 is 0 Å². The Hall–Kier alpha value is -2.20. The van der Waals surface area contributed by atoms with Crippen molar-refractivity contribution in [2.24, 2.45) is 0 Å². The van der Waals surface area contributed by atoms with E-state index in [9.17, 15) is 10.5 Å². The lowest BCUT2D eigenvalue weighted by Crippen LogP contribution is -2.18. The Labute approximate surface area is 114 Å².